The fraction of sp³-hybridized carbons (Fsp3) is 0.143. The molecule has 6 heteroatoms. The predicted octanol–water partition coefficient (Wildman–Crippen LogP) is 0.0278. The minimum Gasteiger partial charge on any atom is -0.429 e. The average molecular weight is 274 g/mol. The van der Waals surface area contributed by atoms with Gasteiger partial charge in [-0.25, -0.2) is 19.6 Å². The fourth-order valence-electron chi connectivity index (χ4n) is 1.18. The van der Waals surface area contributed by atoms with Crippen LogP contribution >= 0.6 is 0 Å². The molecule has 0 fully saturated rings. The molecule has 0 aliphatic carbocycles. The molecule has 0 atom stereocenters. The summed E-state index contributed by atoms with van der Waals surface area (Å²) in [6.45, 7) is 9.94. The zero-order chi connectivity index (χ0) is 15.1. The first-order valence-corrected chi connectivity index (χ1v) is 5.65. The topological polar surface area (TPSA) is 78.4 Å². The molecule has 0 bridgehead atoms. The first kappa shape index (κ1) is 15.3. The minimum absolute atomic E-state index is 0.407. The molecule has 0 aromatic carbocycles. The lowest BCUT2D eigenvalue weighted by Gasteiger charge is -1.99. The third-order valence-corrected chi connectivity index (χ3v) is 2.22. The highest BCUT2D eigenvalue weighted by Crippen LogP contribution is 1.85. The van der Waals surface area contributed by atoms with Crippen LogP contribution in [0.15, 0.2) is 25.3 Å². The van der Waals surface area contributed by atoms with Gasteiger partial charge in [-0.3, -0.25) is 0 Å². The number of rotatable bonds is 4. The van der Waals surface area contributed by atoms with E-state index in [1.807, 2.05) is 0 Å². The van der Waals surface area contributed by atoms with Crippen LogP contribution in [0.4, 0.5) is 0 Å². The number of carbonyl (C=O) groups is 2. The number of carbonyl (C=O) groups excluding carboxylic acids is 2. The summed E-state index contributed by atoms with van der Waals surface area (Å²) in [5.41, 5.74) is 1.04. The number of hydrogen-bond donors (Lipinski definition) is 0. The standard InChI is InChI=1S/C14H14N2O4/c1-5-13(17)19-7-11-9(3)16-12(10(4)15-11)8-20-14(18)6-2/h5-8H,1-2H2,3-4H3. The van der Waals surface area contributed by atoms with Gasteiger partial charge in [-0.2, -0.15) is 0 Å². The average Bonchev–Trinajstić information content (AvgIpc) is 2.45. The molecule has 0 aliphatic heterocycles. The molecule has 1 aromatic rings. The molecule has 0 saturated heterocycles. The van der Waals surface area contributed by atoms with Crippen LogP contribution in [0.25, 0.3) is 12.5 Å². The van der Waals surface area contributed by atoms with Gasteiger partial charge < -0.3 is 9.47 Å². The van der Waals surface area contributed by atoms with Gasteiger partial charge in [-0.15, -0.1) is 0 Å². The molecule has 0 spiro atoms. The van der Waals surface area contributed by atoms with Gasteiger partial charge in [0.1, 0.15) is 23.2 Å². The zero-order valence-electron chi connectivity index (χ0n) is 11.3. The smallest absolute Gasteiger partial charge is 0.335 e. The van der Waals surface area contributed by atoms with Crippen LogP contribution in [0.5, 0.6) is 0 Å². The third kappa shape index (κ3) is 4.16. The van der Waals surface area contributed by atoms with Gasteiger partial charge in [-0.05, 0) is 13.8 Å². The normalized spacial score (nSPS) is 11.9. The van der Waals surface area contributed by atoms with E-state index in [-0.39, 0.29) is 0 Å². The van der Waals surface area contributed by atoms with Gasteiger partial charge in [0.15, 0.2) is 0 Å². The number of hydrogen-bond acceptors (Lipinski definition) is 6. The Kier molecular flexibility index (Phi) is 5.34. The Balaban J connectivity index is 3.14. The van der Waals surface area contributed by atoms with Crippen LogP contribution in [0.1, 0.15) is 11.4 Å². The highest BCUT2D eigenvalue weighted by Gasteiger charge is 2.00. The number of ether oxygens (including phenoxy) is 2. The first-order valence-electron chi connectivity index (χ1n) is 5.65. The van der Waals surface area contributed by atoms with Crippen molar-refractivity contribution in [3.63, 3.8) is 0 Å². The summed E-state index contributed by atoms with van der Waals surface area (Å²) in [7, 11) is 0. The van der Waals surface area contributed by atoms with Crippen LogP contribution in [0.3, 0.4) is 0 Å². The summed E-state index contributed by atoms with van der Waals surface area (Å²) in [6.07, 6.45) is 4.48. The van der Waals surface area contributed by atoms with Gasteiger partial charge in [0.05, 0.1) is 11.4 Å². The van der Waals surface area contributed by atoms with Crippen molar-refractivity contribution in [2.24, 2.45) is 0 Å². The van der Waals surface area contributed by atoms with Gasteiger partial charge in [0.2, 0.25) is 0 Å². The van der Waals surface area contributed by atoms with Crippen molar-refractivity contribution in [3.05, 3.63) is 47.4 Å². The van der Waals surface area contributed by atoms with Crippen LogP contribution < -0.4 is 10.7 Å². The van der Waals surface area contributed by atoms with Crippen LogP contribution in [0, 0.1) is 13.8 Å². The van der Waals surface area contributed by atoms with Crippen molar-refractivity contribution >= 4 is 24.5 Å². The zero-order valence-corrected chi connectivity index (χ0v) is 11.3. The highest BCUT2D eigenvalue weighted by molar-refractivity contribution is 5.83. The Bertz CT molecular complexity index is 617. The molecule has 0 radical (unpaired) electrons. The van der Waals surface area contributed by atoms with E-state index in [0.717, 1.165) is 12.2 Å². The van der Waals surface area contributed by atoms with Crippen LogP contribution in [-0.2, 0) is 19.1 Å². The van der Waals surface area contributed by atoms with E-state index in [0.29, 0.717) is 22.1 Å². The van der Waals surface area contributed by atoms with Crippen molar-refractivity contribution in [2.75, 3.05) is 0 Å². The molecule has 20 heavy (non-hydrogen) atoms. The third-order valence-electron chi connectivity index (χ3n) is 2.22. The van der Waals surface area contributed by atoms with Crippen molar-refractivity contribution in [1.82, 2.24) is 9.97 Å². The summed E-state index contributed by atoms with van der Waals surface area (Å²) in [4.78, 5) is 30.3. The minimum atomic E-state index is -0.584. The molecular weight excluding hydrogens is 260 g/mol. The largest absolute Gasteiger partial charge is 0.429 e. The van der Waals surface area contributed by atoms with E-state index >= 15 is 0 Å². The molecular formula is C14H14N2O4. The Morgan fingerprint density at radius 3 is 1.55 bits per heavy atom. The van der Waals surface area contributed by atoms with E-state index in [2.05, 4.69) is 23.1 Å². The van der Waals surface area contributed by atoms with E-state index in [1.165, 1.54) is 12.5 Å². The van der Waals surface area contributed by atoms with Gasteiger partial charge >= 0.3 is 11.9 Å². The lowest BCUT2D eigenvalue weighted by molar-refractivity contribution is -0.131. The Labute approximate surface area is 115 Å². The van der Waals surface area contributed by atoms with Crippen molar-refractivity contribution < 1.29 is 19.1 Å². The molecule has 0 saturated carbocycles. The lowest BCUT2D eigenvalue weighted by atomic mass is 10.3. The summed E-state index contributed by atoms with van der Waals surface area (Å²) >= 11 is 0. The maximum absolute atomic E-state index is 11.0. The molecule has 1 rings (SSSR count). The lowest BCUT2D eigenvalue weighted by Crippen LogP contribution is -2.26. The van der Waals surface area contributed by atoms with E-state index in [4.69, 9.17) is 9.47 Å². The molecule has 1 heterocycles. The quantitative estimate of drug-likeness (QED) is 0.569. The molecule has 0 unspecified atom stereocenters. The Hall–Kier alpha value is -2.76. The second-order valence-electron chi connectivity index (χ2n) is 3.68. The first-order chi connectivity index (χ1) is 9.47. The van der Waals surface area contributed by atoms with Crippen LogP contribution in [-0.4, -0.2) is 21.9 Å². The molecule has 0 N–H and O–H groups in total. The Morgan fingerprint density at radius 2 is 1.25 bits per heavy atom. The van der Waals surface area contributed by atoms with Crippen molar-refractivity contribution in [2.45, 2.75) is 13.8 Å². The Morgan fingerprint density at radius 1 is 0.900 bits per heavy atom. The second kappa shape index (κ2) is 6.98. The van der Waals surface area contributed by atoms with Crippen molar-refractivity contribution in [1.29, 1.82) is 0 Å². The predicted molar refractivity (Wildman–Crippen MR) is 72.3 cm³/mol. The summed E-state index contributed by atoms with van der Waals surface area (Å²) < 4.78 is 9.55. The number of esters is 2. The van der Waals surface area contributed by atoms with E-state index < -0.39 is 11.9 Å². The molecule has 6 nitrogen and oxygen atoms in total. The van der Waals surface area contributed by atoms with Crippen LogP contribution in [0.2, 0.25) is 0 Å². The van der Waals surface area contributed by atoms with Crippen molar-refractivity contribution in [3.8, 4) is 0 Å². The van der Waals surface area contributed by atoms with E-state index in [1.54, 1.807) is 13.8 Å². The molecule has 0 amide bonds. The SMILES string of the molecule is C=CC(=O)OC=c1nc(C)c(=COC(=O)C=C)nc1C. The van der Waals surface area contributed by atoms with Gasteiger partial charge in [0.25, 0.3) is 0 Å². The summed E-state index contributed by atoms with van der Waals surface area (Å²) in [5, 5.41) is 0.815. The molecule has 1 aromatic heterocycles. The van der Waals surface area contributed by atoms with E-state index in [9.17, 15) is 9.59 Å². The summed E-state index contributed by atoms with van der Waals surface area (Å²) in [5.74, 6) is -1.17. The second-order valence-corrected chi connectivity index (χ2v) is 3.68. The molecule has 0 aliphatic rings. The number of nitrogens with zero attached hydrogens (tertiary/aromatic N) is 2. The monoisotopic (exact) mass is 274 g/mol. The van der Waals surface area contributed by atoms with Gasteiger partial charge in [0, 0.05) is 12.2 Å². The van der Waals surface area contributed by atoms with Gasteiger partial charge in [-0.1, -0.05) is 13.2 Å². The number of aryl methyl sites for hydroxylation is 2. The molecule has 104 valence electrons. The maximum atomic E-state index is 11.0. The fourth-order valence-corrected chi connectivity index (χ4v) is 1.18. The number of aromatic nitrogens is 2. The summed E-state index contributed by atoms with van der Waals surface area (Å²) in [6, 6.07) is 0. The maximum Gasteiger partial charge on any atom is 0.335 e. The highest BCUT2D eigenvalue weighted by atomic mass is 16.5.